The molecule has 0 aliphatic carbocycles. The van der Waals surface area contributed by atoms with Gasteiger partial charge in [-0.3, -0.25) is 9.69 Å². The van der Waals surface area contributed by atoms with Crippen molar-refractivity contribution < 1.29 is 18.3 Å². The Morgan fingerprint density at radius 3 is 2.50 bits per heavy atom. The number of carbonyl (C=O) groups is 1. The van der Waals surface area contributed by atoms with Crippen LogP contribution in [0.4, 0.5) is 8.78 Å². The summed E-state index contributed by atoms with van der Waals surface area (Å²) in [6.45, 7) is -0.917. The molecule has 3 rings (SSSR count). The number of nitrogens with zero attached hydrogens (tertiary/aromatic N) is 2. The normalized spacial score (nSPS) is 18.6. The summed E-state index contributed by atoms with van der Waals surface area (Å²) in [6.07, 6.45) is 2.06. The molecule has 1 unspecified atom stereocenters. The first-order valence-corrected chi connectivity index (χ1v) is 9.62. The lowest BCUT2D eigenvalue weighted by molar-refractivity contribution is -0.129. The summed E-state index contributed by atoms with van der Waals surface area (Å²) >= 11 is 0. The third-order valence-electron chi connectivity index (χ3n) is 5.05. The van der Waals surface area contributed by atoms with Gasteiger partial charge in [0.15, 0.2) is 11.5 Å². The van der Waals surface area contributed by atoms with Crippen LogP contribution in [0.5, 0.6) is 5.75 Å². The van der Waals surface area contributed by atoms with Gasteiger partial charge in [-0.2, -0.15) is 8.78 Å². The topological polar surface area (TPSA) is 91.8 Å². The number of nitrogens with one attached hydrogen (secondary N) is 1. The molecule has 1 heterocycles. The van der Waals surface area contributed by atoms with Gasteiger partial charge in [-0.05, 0) is 35.2 Å². The molecular weight excluding hydrogens is 390 g/mol. The highest BCUT2D eigenvalue weighted by molar-refractivity contribution is 6.09. The van der Waals surface area contributed by atoms with E-state index in [2.05, 4.69) is 9.73 Å². The lowest BCUT2D eigenvalue weighted by Gasteiger charge is -2.26. The largest absolute Gasteiger partial charge is 0.435 e. The number of likely N-dealkylation sites (N-methyl/N-ethyl adjacent to an activating group) is 1. The number of guanidine groups is 1. The van der Waals surface area contributed by atoms with Gasteiger partial charge in [0.2, 0.25) is 0 Å². The van der Waals surface area contributed by atoms with Crippen molar-refractivity contribution in [3.8, 4) is 5.75 Å². The van der Waals surface area contributed by atoms with Crippen molar-refractivity contribution in [1.82, 2.24) is 4.90 Å². The number of alkyl halides is 2. The molecule has 158 valence electrons. The van der Waals surface area contributed by atoms with Gasteiger partial charge >= 0.3 is 6.61 Å². The van der Waals surface area contributed by atoms with E-state index in [-0.39, 0.29) is 17.6 Å². The van der Waals surface area contributed by atoms with Gasteiger partial charge in [0.25, 0.3) is 5.91 Å². The van der Waals surface area contributed by atoms with E-state index in [0.29, 0.717) is 29.7 Å². The first-order chi connectivity index (χ1) is 14.3. The minimum Gasteiger partial charge on any atom is -0.435 e. The van der Waals surface area contributed by atoms with E-state index in [4.69, 9.17) is 11.1 Å². The van der Waals surface area contributed by atoms with Crippen LogP contribution in [0.1, 0.15) is 36.5 Å². The number of halogens is 2. The zero-order valence-corrected chi connectivity index (χ0v) is 16.9. The van der Waals surface area contributed by atoms with Crippen molar-refractivity contribution in [2.75, 3.05) is 7.05 Å². The summed E-state index contributed by atoms with van der Waals surface area (Å²) in [5.74, 6) is -0.290. The number of hydrogen-bond acceptors (Lipinski definition) is 5. The van der Waals surface area contributed by atoms with E-state index in [1.165, 1.54) is 36.2 Å². The van der Waals surface area contributed by atoms with Crippen LogP contribution in [0.3, 0.4) is 0 Å². The molecule has 2 aromatic rings. The van der Waals surface area contributed by atoms with E-state index >= 15 is 0 Å². The first-order valence-electron chi connectivity index (χ1n) is 9.62. The molecule has 1 amide bonds. The van der Waals surface area contributed by atoms with Crippen LogP contribution in [-0.2, 0) is 16.8 Å². The maximum absolute atomic E-state index is 13.3. The maximum atomic E-state index is 13.3. The zero-order valence-electron chi connectivity index (χ0n) is 16.9. The molecule has 6 nitrogen and oxygen atoms in total. The van der Waals surface area contributed by atoms with E-state index < -0.39 is 12.2 Å². The Balaban J connectivity index is 2.07. The summed E-state index contributed by atoms with van der Waals surface area (Å²) in [7, 11) is 1.54. The van der Waals surface area contributed by atoms with Crippen LogP contribution in [0.2, 0.25) is 0 Å². The number of amides is 1. The Bertz CT molecular complexity index is 975. The molecule has 30 heavy (non-hydrogen) atoms. The Hall–Kier alpha value is -3.29. The number of benzene rings is 2. The second kappa shape index (κ2) is 8.61. The number of aliphatic imine (C=N–C) groups is 1. The van der Waals surface area contributed by atoms with E-state index in [1.807, 2.05) is 25.1 Å². The Morgan fingerprint density at radius 2 is 1.93 bits per heavy atom. The van der Waals surface area contributed by atoms with Crippen molar-refractivity contribution >= 4 is 17.6 Å². The van der Waals surface area contributed by atoms with Crippen molar-refractivity contribution in [3.05, 3.63) is 65.2 Å². The maximum Gasteiger partial charge on any atom is 0.387 e. The lowest BCUT2D eigenvalue weighted by atomic mass is 9.82. The summed E-state index contributed by atoms with van der Waals surface area (Å²) in [5.41, 5.74) is 7.13. The van der Waals surface area contributed by atoms with Gasteiger partial charge in [-0.25, -0.2) is 4.99 Å². The predicted octanol–water partition coefficient (Wildman–Crippen LogP) is 3.68. The fourth-order valence-electron chi connectivity index (χ4n) is 3.60. The molecule has 0 saturated carbocycles. The molecule has 0 fully saturated rings. The van der Waals surface area contributed by atoms with Crippen LogP contribution < -0.4 is 10.5 Å². The minimum absolute atomic E-state index is 0.0126. The molecule has 0 aromatic heterocycles. The molecule has 1 aliphatic rings. The summed E-state index contributed by atoms with van der Waals surface area (Å²) in [4.78, 5) is 19.0. The van der Waals surface area contributed by atoms with Crippen molar-refractivity contribution in [2.45, 2.75) is 38.3 Å². The molecule has 1 atom stereocenters. The summed E-state index contributed by atoms with van der Waals surface area (Å²) in [5, 5.41) is 8.10. The summed E-state index contributed by atoms with van der Waals surface area (Å²) < 4.78 is 29.4. The van der Waals surface area contributed by atoms with Crippen LogP contribution in [0, 0.1) is 5.41 Å². The Kier molecular flexibility index (Phi) is 6.14. The standard InChI is InChI=1S/C22H24F2N4O2/c1-3-5-17(25)13-14-6-4-7-16(12-14)22(19(29)28(2)21(26)27-22)15-8-10-18(11-9-15)30-20(23)24/h4,6-12,20,25H,3,5,13H2,1-2H3,(H2,26,27). The Labute approximate surface area is 173 Å². The smallest absolute Gasteiger partial charge is 0.387 e. The van der Waals surface area contributed by atoms with E-state index in [9.17, 15) is 13.6 Å². The highest BCUT2D eigenvalue weighted by atomic mass is 19.3. The second-order valence-electron chi connectivity index (χ2n) is 7.18. The molecule has 0 spiro atoms. The number of hydrogen-bond donors (Lipinski definition) is 2. The van der Waals surface area contributed by atoms with E-state index in [1.54, 1.807) is 6.07 Å². The van der Waals surface area contributed by atoms with Gasteiger partial charge in [0, 0.05) is 19.2 Å². The van der Waals surface area contributed by atoms with Gasteiger partial charge in [0.05, 0.1) is 0 Å². The third kappa shape index (κ3) is 4.03. The number of ether oxygens (including phenoxy) is 1. The molecule has 2 aromatic carbocycles. The summed E-state index contributed by atoms with van der Waals surface area (Å²) in [6, 6.07) is 13.2. The highest BCUT2D eigenvalue weighted by Gasteiger charge is 2.49. The monoisotopic (exact) mass is 414 g/mol. The number of nitrogens with two attached hydrogens (primary N) is 1. The van der Waals surface area contributed by atoms with Crippen LogP contribution in [-0.4, -0.2) is 36.1 Å². The SMILES string of the molecule is CCCC(=N)Cc1cccc(C2(c3ccc(OC(F)F)cc3)N=C(N)N(C)C2=O)c1. The van der Waals surface area contributed by atoms with Crippen molar-refractivity contribution in [2.24, 2.45) is 10.7 Å². The molecule has 8 heteroatoms. The number of carbonyl (C=O) groups excluding carboxylic acids is 1. The second-order valence-corrected chi connectivity index (χ2v) is 7.18. The van der Waals surface area contributed by atoms with Crippen molar-refractivity contribution in [3.63, 3.8) is 0 Å². The fourth-order valence-corrected chi connectivity index (χ4v) is 3.60. The number of rotatable bonds is 8. The predicted molar refractivity (Wildman–Crippen MR) is 111 cm³/mol. The molecule has 1 aliphatic heterocycles. The van der Waals surface area contributed by atoms with Gasteiger partial charge in [-0.15, -0.1) is 0 Å². The molecule has 0 radical (unpaired) electrons. The van der Waals surface area contributed by atoms with Gasteiger partial charge in [-0.1, -0.05) is 49.7 Å². The van der Waals surface area contributed by atoms with Crippen molar-refractivity contribution in [1.29, 1.82) is 5.41 Å². The quantitative estimate of drug-likeness (QED) is 0.646. The highest BCUT2D eigenvalue weighted by Crippen LogP contribution is 2.40. The first kappa shape index (κ1) is 21.4. The fraction of sp³-hybridized carbons (Fsp3) is 0.318. The average molecular weight is 414 g/mol. The van der Waals surface area contributed by atoms with Crippen LogP contribution in [0.15, 0.2) is 53.5 Å². The van der Waals surface area contributed by atoms with E-state index in [0.717, 1.165) is 12.0 Å². The lowest BCUT2D eigenvalue weighted by Crippen LogP contribution is -2.41. The average Bonchev–Trinajstić information content (AvgIpc) is 2.93. The Morgan fingerprint density at radius 1 is 1.23 bits per heavy atom. The van der Waals surface area contributed by atoms with Gasteiger partial charge in [0.1, 0.15) is 5.75 Å². The molecule has 0 bridgehead atoms. The van der Waals surface area contributed by atoms with Crippen LogP contribution in [0.25, 0.3) is 0 Å². The van der Waals surface area contributed by atoms with Gasteiger partial charge < -0.3 is 15.9 Å². The zero-order chi connectivity index (χ0) is 21.9. The molecular formula is C22H24F2N4O2. The minimum atomic E-state index is -2.94. The molecule has 0 saturated heterocycles. The third-order valence-corrected chi connectivity index (χ3v) is 5.05. The van der Waals surface area contributed by atoms with Crippen LogP contribution >= 0.6 is 0 Å². The molecule has 3 N–H and O–H groups in total.